The third-order valence-corrected chi connectivity index (χ3v) is 2.89. The van der Waals surface area contributed by atoms with Crippen LogP contribution in [0.2, 0.25) is 0 Å². The number of para-hydroxylation sites is 1. The van der Waals surface area contributed by atoms with Crippen molar-refractivity contribution in [3.8, 4) is 12.1 Å². The van der Waals surface area contributed by atoms with Crippen LogP contribution in [0.4, 0.5) is 5.69 Å². The second kappa shape index (κ2) is 3.84. The summed E-state index contributed by atoms with van der Waals surface area (Å²) in [4.78, 5) is 2.00. The SMILES string of the molecule is N#Cc1ccccc1N1CCC(N)(C#N)C1. The van der Waals surface area contributed by atoms with Gasteiger partial charge in [-0.1, -0.05) is 12.1 Å². The Morgan fingerprint density at radius 1 is 1.31 bits per heavy atom. The summed E-state index contributed by atoms with van der Waals surface area (Å²) >= 11 is 0. The molecule has 0 aliphatic carbocycles. The fourth-order valence-electron chi connectivity index (χ4n) is 1.97. The minimum Gasteiger partial charge on any atom is -0.367 e. The number of nitrogens with two attached hydrogens (primary N) is 1. The Morgan fingerprint density at radius 2 is 2.06 bits per heavy atom. The molecule has 4 nitrogen and oxygen atoms in total. The number of hydrogen-bond acceptors (Lipinski definition) is 4. The molecule has 1 aromatic rings. The van der Waals surface area contributed by atoms with Crippen LogP contribution in [-0.4, -0.2) is 18.6 Å². The van der Waals surface area contributed by atoms with Gasteiger partial charge in [-0.25, -0.2) is 0 Å². The lowest BCUT2D eigenvalue weighted by Crippen LogP contribution is -2.41. The highest BCUT2D eigenvalue weighted by molar-refractivity contribution is 5.60. The van der Waals surface area contributed by atoms with Crippen LogP contribution < -0.4 is 10.6 Å². The van der Waals surface area contributed by atoms with Gasteiger partial charge >= 0.3 is 0 Å². The van der Waals surface area contributed by atoms with Gasteiger partial charge in [-0.2, -0.15) is 10.5 Å². The van der Waals surface area contributed by atoms with Crippen LogP contribution in [0.15, 0.2) is 24.3 Å². The van der Waals surface area contributed by atoms with Crippen LogP contribution in [0.5, 0.6) is 0 Å². The Kier molecular flexibility index (Phi) is 2.52. The molecule has 1 atom stereocenters. The van der Waals surface area contributed by atoms with E-state index in [2.05, 4.69) is 12.1 Å². The Labute approximate surface area is 94.5 Å². The van der Waals surface area contributed by atoms with Crippen LogP contribution >= 0.6 is 0 Å². The molecule has 0 aromatic heterocycles. The summed E-state index contributed by atoms with van der Waals surface area (Å²) in [6.07, 6.45) is 0.642. The highest BCUT2D eigenvalue weighted by Crippen LogP contribution is 2.27. The number of hydrogen-bond donors (Lipinski definition) is 1. The zero-order valence-corrected chi connectivity index (χ0v) is 8.85. The molecule has 1 aromatic carbocycles. The molecular weight excluding hydrogens is 200 g/mol. The molecule has 2 rings (SSSR count). The van der Waals surface area contributed by atoms with E-state index in [4.69, 9.17) is 16.3 Å². The van der Waals surface area contributed by atoms with Gasteiger partial charge in [0.1, 0.15) is 11.6 Å². The minimum absolute atomic E-state index is 0.488. The first-order valence-corrected chi connectivity index (χ1v) is 5.13. The highest BCUT2D eigenvalue weighted by Gasteiger charge is 2.35. The lowest BCUT2D eigenvalue weighted by molar-refractivity contribution is 0.606. The van der Waals surface area contributed by atoms with Crippen molar-refractivity contribution in [3.05, 3.63) is 29.8 Å². The molecule has 0 saturated carbocycles. The summed E-state index contributed by atoms with van der Waals surface area (Å²) in [6, 6.07) is 11.7. The van der Waals surface area contributed by atoms with E-state index in [-0.39, 0.29) is 0 Å². The first-order valence-electron chi connectivity index (χ1n) is 5.13. The van der Waals surface area contributed by atoms with E-state index >= 15 is 0 Å². The Balaban J connectivity index is 2.29. The first kappa shape index (κ1) is 10.5. The predicted molar refractivity (Wildman–Crippen MR) is 60.5 cm³/mol. The van der Waals surface area contributed by atoms with Crippen molar-refractivity contribution >= 4 is 5.69 Å². The van der Waals surface area contributed by atoms with E-state index in [1.165, 1.54) is 0 Å². The third kappa shape index (κ3) is 1.71. The quantitative estimate of drug-likeness (QED) is 0.753. The van der Waals surface area contributed by atoms with Gasteiger partial charge < -0.3 is 10.6 Å². The van der Waals surface area contributed by atoms with Crippen molar-refractivity contribution in [2.75, 3.05) is 18.0 Å². The summed E-state index contributed by atoms with van der Waals surface area (Å²) in [7, 11) is 0. The fourth-order valence-corrected chi connectivity index (χ4v) is 1.97. The van der Waals surface area contributed by atoms with E-state index < -0.39 is 5.54 Å². The van der Waals surface area contributed by atoms with Gasteiger partial charge in [0.15, 0.2) is 0 Å². The molecule has 80 valence electrons. The maximum atomic E-state index is 8.99. The Morgan fingerprint density at radius 3 is 2.69 bits per heavy atom. The smallest absolute Gasteiger partial charge is 0.123 e. The van der Waals surface area contributed by atoms with Gasteiger partial charge in [-0.15, -0.1) is 0 Å². The molecule has 1 aliphatic heterocycles. The molecular formula is C12H12N4. The summed E-state index contributed by atoms with van der Waals surface area (Å²) in [5.74, 6) is 0. The Hall–Kier alpha value is -2.04. The fraction of sp³-hybridized carbons (Fsp3) is 0.333. The number of benzene rings is 1. The highest BCUT2D eigenvalue weighted by atomic mass is 15.2. The largest absolute Gasteiger partial charge is 0.367 e. The number of rotatable bonds is 1. The van der Waals surface area contributed by atoms with Crippen molar-refractivity contribution in [1.82, 2.24) is 0 Å². The summed E-state index contributed by atoms with van der Waals surface area (Å²) in [5, 5.41) is 17.9. The predicted octanol–water partition coefficient (Wildman–Crippen LogP) is 0.989. The van der Waals surface area contributed by atoms with E-state index in [1.54, 1.807) is 6.07 Å². The average molecular weight is 212 g/mol. The molecule has 0 bridgehead atoms. The molecule has 0 radical (unpaired) electrons. The van der Waals surface area contributed by atoms with Gasteiger partial charge in [0, 0.05) is 13.1 Å². The molecule has 1 fully saturated rings. The van der Waals surface area contributed by atoms with E-state index in [9.17, 15) is 0 Å². The average Bonchev–Trinajstić information content (AvgIpc) is 2.73. The molecule has 16 heavy (non-hydrogen) atoms. The van der Waals surface area contributed by atoms with Gasteiger partial charge in [0.2, 0.25) is 0 Å². The monoisotopic (exact) mass is 212 g/mol. The van der Waals surface area contributed by atoms with Gasteiger partial charge in [-0.05, 0) is 18.6 Å². The van der Waals surface area contributed by atoms with Gasteiger partial charge in [0.05, 0.1) is 17.3 Å². The lowest BCUT2D eigenvalue weighted by Gasteiger charge is -2.20. The molecule has 1 heterocycles. The maximum absolute atomic E-state index is 8.99. The third-order valence-electron chi connectivity index (χ3n) is 2.89. The van der Waals surface area contributed by atoms with Crippen LogP contribution in [-0.2, 0) is 0 Å². The first-order chi connectivity index (χ1) is 7.68. The molecule has 4 heteroatoms. The standard InChI is InChI=1S/C12H12N4/c13-7-10-3-1-2-4-11(10)16-6-5-12(15,8-14)9-16/h1-4H,5-6,9,15H2. The van der Waals surface area contributed by atoms with E-state index in [1.807, 2.05) is 23.1 Å². The van der Waals surface area contributed by atoms with Crippen LogP contribution in [0.1, 0.15) is 12.0 Å². The minimum atomic E-state index is -0.775. The molecule has 1 unspecified atom stereocenters. The van der Waals surface area contributed by atoms with Crippen molar-refractivity contribution in [3.63, 3.8) is 0 Å². The zero-order valence-electron chi connectivity index (χ0n) is 8.85. The van der Waals surface area contributed by atoms with Gasteiger partial charge in [-0.3, -0.25) is 0 Å². The zero-order chi connectivity index (χ0) is 11.6. The normalized spacial score (nSPS) is 23.8. The Bertz CT molecular complexity index is 483. The van der Waals surface area contributed by atoms with Crippen LogP contribution in [0, 0.1) is 22.7 Å². The van der Waals surface area contributed by atoms with Crippen molar-refractivity contribution in [2.45, 2.75) is 12.0 Å². The second-order valence-electron chi connectivity index (χ2n) is 4.07. The lowest BCUT2D eigenvalue weighted by atomic mass is 10.0. The number of nitrogens with zero attached hydrogens (tertiary/aromatic N) is 3. The van der Waals surface area contributed by atoms with Crippen LogP contribution in [0.3, 0.4) is 0 Å². The van der Waals surface area contributed by atoms with Crippen molar-refractivity contribution in [2.24, 2.45) is 5.73 Å². The van der Waals surface area contributed by atoms with Crippen molar-refractivity contribution in [1.29, 1.82) is 10.5 Å². The second-order valence-corrected chi connectivity index (χ2v) is 4.07. The maximum Gasteiger partial charge on any atom is 0.123 e. The summed E-state index contributed by atoms with van der Waals surface area (Å²) in [6.45, 7) is 1.21. The van der Waals surface area contributed by atoms with E-state index in [0.29, 0.717) is 18.5 Å². The summed E-state index contributed by atoms with van der Waals surface area (Å²) < 4.78 is 0. The number of anilines is 1. The molecule has 0 spiro atoms. The van der Waals surface area contributed by atoms with E-state index in [0.717, 1.165) is 12.2 Å². The topological polar surface area (TPSA) is 76.8 Å². The molecule has 1 aliphatic rings. The summed E-state index contributed by atoms with van der Waals surface area (Å²) in [5.41, 5.74) is 6.61. The number of nitriles is 2. The molecule has 0 amide bonds. The molecule has 2 N–H and O–H groups in total. The van der Waals surface area contributed by atoms with Gasteiger partial charge in [0.25, 0.3) is 0 Å². The van der Waals surface area contributed by atoms with Crippen molar-refractivity contribution < 1.29 is 0 Å². The molecule has 1 saturated heterocycles. The van der Waals surface area contributed by atoms with Crippen LogP contribution in [0.25, 0.3) is 0 Å².